The molecule has 0 spiro atoms. The molecule has 0 aliphatic rings. The fourth-order valence-electron chi connectivity index (χ4n) is 9.35. The number of hydrogen-bond donors (Lipinski definition) is 0. The average molecular weight is 948 g/mol. The van der Waals surface area contributed by atoms with Crippen LogP contribution in [-0.4, -0.2) is 37.2 Å². The molecule has 0 rings (SSSR count). The minimum Gasteiger partial charge on any atom is -0.462 e. The van der Waals surface area contributed by atoms with Crippen LogP contribution < -0.4 is 0 Å². The van der Waals surface area contributed by atoms with Crippen molar-refractivity contribution in [1.82, 2.24) is 0 Å². The van der Waals surface area contributed by atoms with Gasteiger partial charge in [0.25, 0.3) is 0 Å². The van der Waals surface area contributed by atoms with Gasteiger partial charge in [0.05, 0.1) is 0 Å². The van der Waals surface area contributed by atoms with Crippen molar-refractivity contribution in [2.45, 2.75) is 343 Å². The maximum Gasteiger partial charge on any atom is 0.306 e. The summed E-state index contributed by atoms with van der Waals surface area (Å²) in [5.41, 5.74) is 0. The van der Waals surface area contributed by atoms with E-state index >= 15 is 0 Å². The van der Waals surface area contributed by atoms with Gasteiger partial charge in [0, 0.05) is 19.3 Å². The van der Waals surface area contributed by atoms with Crippen molar-refractivity contribution < 1.29 is 28.6 Å². The number of hydrogen-bond acceptors (Lipinski definition) is 6. The van der Waals surface area contributed by atoms with Crippen molar-refractivity contribution in [2.75, 3.05) is 13.2 Å². The molecule has 67 heavy (non-hydrogen) atoms. The highest BCUT2D eigenvalue weighted by Gasteiger charge is 2.19. The Labute approximate surface area is 418 Å². The molecule has 0 aliphatic carbocycles. The second-order valence-corrected chi connectivity index (χ2v) is 22.4. The van der Waals surface area contributed by atoms with Crippen LogP contribution in [0.4, 0.5) is 0 Å². The van der Waals surface area contributed by atoms with Crippen LogP contribution >= 0.6 is 0 Å². The third kappa shape index (κ3) is 55.2. The van der Waals surface area contributed by atoms with Gasteiger partial charge in [-0.25, -0.2) is 0 Å². The first-order chi connectivity index (χ1) is 32.6. The molecule has 0 amide bonds. The van der Waals surface area contributed by atoms with Gasteiger partial charge >= 0.3 is 17.9 Å². The normalized spacial score (nSPS) is 12.1. The number of unbranched alkanes of at least 4 members (excludes halogenated alkanes) is 37. The largest absolute Gasteiger partial charge is 0.462 e. The van der Waals surface area contributed by atoms with Crippen LogP contribution in [0.25, 0.3) is 0 Å². The second-order valence-electron chi connectivity index (χ2n) is 22.4. The molecule has 0 fully saturated rings. The van der Waals surface area contributed by atoms with E-state index in [1.165, 1.54) is 218 Å². The smallest absolute Gasteiger partial charge is 0.306 e. The van der Waals surface area contributed by atoms with E-state index in [1.54, 1.807) is 0 Å². The van der Waals surface area contributed by atoms with Crippen molar-refractivity contribution in [3.63, 3.8) is 0 Å². The summed E-state index contributed by atoms with van der Waals surface area (Å²) in [7, 11) is 0. The monoisotopic (exact) mass is 947 g/mol. The van der Waals surface area contributed by atoms with Crippen molar-refractivity contribution in [2.24, 2.45) is 17.8 Å². The Bertz CT molecular complexity index is 1040. The van der Waals surface area contributed by atoms with Crippen LogP contribution in [0.5, 0.6) is 0 Å². The summed E-state index contributed by atoms with van der Waals surface area (Å²) in [6.07, 6.45) is 55.3. The summed E-state index contributed by atoms with van der Waals surface area (Å²) in [4.78, 5) is 38.2. The lowest BCUT2D eigenvalue weighted by molar-refractivity contribution is -0.167. The van der Waals surface area contributed by atoms with Crippen molar-refractivity contribution >= 4 is 17.9 Å². The molecule has 1 atom stereocenters. The fraction of sp³-hybridized carbons (Fsp3) is 0.951. The van der Waals surface area contributed by atoms with E-state index in [0.717, 1.165) is 75.5 Å². The van der Waals surface area contributed by atoms with Crippen LogP contribution in [0.15, 0.2) is 0 Å². The highest BCUT2D eigenvalue weighted by atomic mass is 16.6. The van der Waals surface area contributed by atoms with E-state index in [2.05, 4.69) is 41.5 Å². The van der Waals surface area contributed by atoms with E-state index in [1.807, 2.05) is 0 Å². The number of esters is 3. The average Bonchev–Trinajstić information content (AvgIpc) is 3.29. The summed E-state index contributed by atoms with van der Waals surface area (Å²) < 4.78 is 16.9. The van der Waals surface area contributed by atoms with Gasteiger partial charge in [-0.15, -0.1) is 0 Å². The zero-order valence-electron chi connectivity index (χ0n) is 46.2. The first-order valence-corrected chi connectivity index (χ1v) is 30.1. The third-order valence-electron chi connectivity index (χ3n) is 13.9. The Morgan fingerprint density at radius 1 is 0.254 bits per heavy atom. The Hall–Kier alpha value is -1.59. The molecule has 6 nitrogen and oxygen atoms in total. The van der Waals surface area contributed by atoms with Gasteiger partial charge in [0.15, 0.2) is 6.10 Å². The first-order valence-electron chi connectivity index (χ1n) is 30.1. The predicted octanol–water partition coefficient (Wildman–Crippen LogP) is 19.9. The number of rotatable bonds is 54. The Morgan fingerprint density at radius 3 is 0.642 bits per heavy atom. The first kappa shape index (κ1) is 65.4. The summed E-state index contributed by atoms with van der Waals surface area (Å²) >= 11 is 0. The molecule has 0 aromatic heterocycles. The van der Waals surface area contributed by atoms with Gasteiger partial charge in [-0.3, -0.25) is 14.4 Å². The van der Waals surface area contributed by atoms with E-state index in [0.29, 0.717) is 19.3 Å². The zero-order valence-corrected chi connectivity index (χ0v) is 46.2. The topological polar surface area (TPSA) is 78.9 Å². The van der Waals surface area contributed by atoms with E-state index in [9.17, 15) is 14.4 Å². The van der Waals surface area contributed by atoms with E-state index < -0.39 is 6.10 Å². The van der Waals surface area contributed by atoms with E-state index in [-0.39, 0.29) is 31.1 Å². The molecule has 0 saturated carbocycles. The van der Waals surface area contributed by atoms with Gasteiger partial charge < -0.3 is 14.2 Å². The standard InChI is InChI=1S/C61H118O6/c1-55(2)47-41-35-29-23-17-13-9-7-8-10-16-20-28-34-40-46-52-61(64)67-58(54-66-60(63)51-45-39-33-27-22-21-25-31-37-43-49-57(5)6)53-65-59(62)50-44-38-32-26-19-15-12-11-14-18-24-30-36-42-48-56(3)4/h55-58H,7-54H2,1-6H3/t58-/m0/s1. The summed E-state index contributed by atoms with van der Waals surface area (Å²) in [6, 6.07) is 0. The third-order valence-corrected chi connectivity index (χ3v) is 13.9. The fourth-order valence-corrected chi connectivity index (χ4v) is 9.35. The van der Waals surface area contributed by atoms with Gasteiger partial charge in [-0.2, -0.15) is 0 Å². The summed E-state index contributed by atoms with van der Waals surface area (Å²) in [5, 5.41) is 0. The highest BCUT2D eigenvalue weighted by molar-refractivity contribution is 5.71. The van der Waals surface area contributed by atoms with E-state index in [4.69, 9.17) is 14.2 Å². The van der Waals surface area contributed by atoms with Crippen LogP contribution in [0.1, 0.15) is 337 Å². The highest BCUT2D eigenvalue weighted by Crippen LogP contribution is 2.19. The molecule has 0 unspecified atom stereocenters. The van der Waals surface area contributed by atoms with Crippen LogP contribution in [0.3, 0.4) is 0 Å². The lowest BCUT2D eigenvalue weighted by atomic mass is 10.0. The molecular formula is C61H118O6. The molecule has 0 saturated heterocycles. The lowest BCUT2D eigenvalue weighted by Gasteiger charge is -2.18. The minimum absolute atomic E-state index is 0.0632. The quantitative estimate of drug-likeness (QED) is 0.0343. The zero-order chi connectivity index (χ0) is 49.1. The molecule has 0 bridgehead atoms. The van der Waals surface area contributed by atoms with Crippen molar-refractivity contribution in [3.05, 3.63) is 0 Å². The molecule has 0 radical (unpaired) electrons. The second kappa shape index (κ2) is 52.2. The Kier molecular flexibility index (Phi) is 51.0. The molecule has 0 aromatic carbocycles. The maximum atomic E-state index is 12.9. The van der Waals surface area contributed by atoms with Crippen LogP contribution in [0, 0.1) is 17.8 Å². The molecule has 398 valence electrons. The predicted molar refractivity (Wildman–Crippen MR) is 289 cm³/mol. The van der Waals surface area contributed by atoms with Crippen molar-refractivity contribution in [3.8, 4) is 0 Å². The van der Waals surface area contributed by atoms with Crippen LogP contribution in [-0.2, 0) is 28.6 Å². The molecule has 0 N–H and O–H groups in total. The lowest BCUT2D eigenvalue weighted by Crippen LogP contribution is -2.30. The molecule has 6 heteroatoms. The number of ether oxygens (including phenoxy) is 3. The molecular weight excluding hydrogens is 829 g/mol. The molecule has 0 aromatic rings. The van der Waals surface area contributed by atoms with Gasteiger partial charge in [-0.1, -0.05) is 298 Å². The van der Waals surface area contributed by atoms with Gasteiger partial charge in [-0.05, 0) is 37.0 Å². The van der Waals surface area contributed by atoms with Crippen molar-refractivity contribution in [1.29, 1.82) is 0 Å². The minimum atomic E-state index is -0.764. The van der Waals surface area contributed by atoms with Crippen LogP contribution in [0.2, 0.25) is 0 Å². The molecule has 0 heterocycles. The maximum absolute atomic E-state index is 12.9. The summed E-state index contributed by atoms with van der Waals surface area (Å²) in [5.74, 6) is 1.67. The van der Waals surface area contributed by atoms with Gasteiger partial charge in [0.1, 0.15) is 13.2 Å². The number of carbonyl (C=O) groups excluding carboxylic acids is 3. The SMILES string of the molecule is CC(C)CCCCCCCCCCCCCCCCCCC(=O)O[C@@H](COC(=O)CCCCCCCCCCCCCCCCC(C)C)COC(=O)CCCCCCCCCCCCC(C)C. The Morgan fingerprint density at radius 2 is 0.433 bits per heavy atom. The molecule has 0 aliphatic heterocycles. The summed E-state index contributed by atoms with van der Waals surface area (Å²) in [6.45, 7) is 13.8. The van der Waals surface area contributed by atoms with Gasteiger partial charge in [0.2, 0.25) is 0 Å². The number of carbonyl (C=O) groups is 3. The Balaban J connectivity index is 4.28.